The molecule has 0 aliphatic heterocycles. The molecule has 1 aromatic carbocycles. The molecule has 0 amide bonds. The number of nitrogens with zero attached hydrogens (tertiary/aromatic N) is 1. The highest BCUT2D eigenvalue weighted by atomic mass is 35.5. The average Bonchev–Trinajstić information content (AvgIpc) is 2.35. The third kappa shape index (κ3) is 2.70. The number of hydrogen-bond acceptors (Lipinski definition) is 2. The highest BCUT2D eigenvalue weighted by Gasteiger charge is 2.25. The molecule has 0 radical (unpaired) electrons. The Labute approximate surface area is 105 Å². The second kappa shape index (κ2) is 5.37. The summed E-state index contributed by atoms with van der Waals surface area (Å²) in [6.07, 6.45) is 3.95. The Kier molecular flexibility index (Phi) is 3.86. The summed E-state index contributed by atoms with van der Waals surface area (Å²) in [5.74, 6) is -0.474. The van der Waals surface area contributed by atoms with E-state index in [9.17, 15) is 4.39 Å². The molecule has 1 aromatic rings. The van der Waals surface area contributed by atoms with E-state index in [1.54, 1.807) is 12.1 Å². The third-order valence-corrected chi connectivity index (χ3v) is 3.52. The van der Waals surface area contributed by atoms with Crippen LogP contribution in [0.3, 0.4) is 0 Å². The van der Waals surface area contributed by atoms with E-state index in [2.05, 4.69) is 11.4 Å². The molecule has 0 spiro atoms. The number of nitriles is 1. The van der Waals surface area contributed by atoms with Gasteiger partial charge in [0.2, 0.25) is 0 Å². The Hall–Kier alpha value is -1.27. The van der Waals surface area contributed by atoms with Gasteiger partial charge in [0.1, 0.15) is 0 Å². The minimum absolute atomic E-state index is 0.0294. The fourth-order valence-corrected chi connectivity index (χ4v) is 2.45. The third-order valence-electron chi connectivity index (χ3n) is 3.22. The van der Waals surface area contributed by atoms with Crippen LogP contribution in [0.5, 0.6) is 0 Å². The first-order valence-electron chi connectivity index (χ1n) is 5.82. The lowest BCUT2D eigenvalue weighted by Gasteiger charge is -2.28. The van der Waals surface area contributed by atoms with Gasteiger partial charge in [0, 0.05) is 6.04 Å². The van der Waals surface area contributed by atoms with E-state index in [1.165, 1.54) is 6.07 Å². The predicted octanol–water partition coefficient (Wildman–Crippen LogP) is 3.97. The zero-order valence-corrected chi connectivity index (χ0v) is 10.2. The molecule has 2 unspecified atom stereocenters. The van der Waals surface area contributed by atoms with E-state index in [1.807, 2.05) is 0 Å². The van der Waals surface area contributed by atoms with Crippen molar-refractivity contribution in [1.82, 2.24) is 0 Å². The molecule has 0 aromatic heterocycles. The Balaban J connectivity index is 2.14. The van der Waals surface area contributed by atoms with Crippen molar-refractivity contribution >= 4 is 17.3 Å². The number of hydrogen-bond donors (Lipinski definition) is 1. The topological polar surface area (TPSA) is 35.8 Å². The summed E-state index contributed by atoms with van der Waals surface area (Å²) >= 11 is 5.72. The molecule has 2 rings (SSSR count). The fraction of sp³-hybridized carbons (Fsp3) is 0.462. The predicted molar refractivity (Wildman–Crippen MR) is 66.4 cm³/mol. The normalized spacial score (nSPS) is 24.1. The van der Waals surface area contributed by atoms with Crippen LogP contribution in [0.1, 0.15) is 25.7 Å². The fourth-order valence-electron chi connectivity index (χ4n) is 2.27. The van der Waals surface area contributed by atoms with Gasteiger partial charge in [0.15, 0.2) is 5.82 Å². The minimum atomic E-state index is -0.434. The lowest BCUT2D eigenvalue weighted by Crippen LogP contribution is -2.31. The first-order chi connectivity index (χ1) is 8.22. The Morgan fingerprint density at radius 2 is 2.12 bits per heavy atom. The van der Waals surface area contributed by atoms with Crippen molar-refractivity contribution in [2.75, 3.05) is 5.32 Å². The van der Waals surface area contributed by atoms with Crippen LogP contribution < -0.4 is 5.32 Å². The number of rotatable bonds is 2. The maximum Gasteiger partial charge on any atom is 0.164 e. The number of halogens is 2. The second-order valence-electron chi connectivity index (χ2n) is 4.37. The molecule has 4 heteroatoms. The highest BCUT2D eigenvalue weighted by molar-refractivity contribution is 6.31. The van der Waals surface area contributed by atoms with Crippen molar-refractivity contribution < 1.29 is 4.39 Å². The molecule has 0 bridgehead atoms. The number of benzene rings is 1. The molecule has 2 nitrogen and oxygen atoms in total. The standard InChI is InChI=1S/C13H14ClFN2/c14-10-5-3-7-12(13(10)15)17-11-6-2-1-4-9(11)8-16/h3,5,7,9,11,17H,1-2,4,6H2. The number of nitrogens with one attached hydrogen (secondary N) is 1. The zero-order valence-electron chi connectivity index (χ0n) is 9.42. The van der Waals surface area contributed by atoms with Gasteiger partial charge in [0.05, 0.1) is 22.7 Å². The van der Waals surface area contributed by atoms with Crippen LogP contribution in [-0.4, -0.2) is 6.04 Å². The van der Waals surface area contributed by atoms with Gasteiger partial charge in [-0.2, -0.15) is 5.26 Å². The van der Waals surface area contributed by atoms with Crippen LogP contribution in [0.2, 0.25) is 5.02 Å². The smallest absolute Gasteiger partial charge is 0.164 e. The second-order valence-corrected chi connectivity index (χ2v) is 4.78. The highest BCUT2D eigenvalue weighted by Crippen LogP contribution is 2.29. The van der Waals surface area contributed by atoms with Crippen molar-refractivity contribution in [2.45, 2.75) is 31.7 Å². The molecule has 1 fully saturated rings. The summed E-state index contributed by atoms with van der Waals surface area (Å²) in [6, 6.07) is 7.20. The lowest BCUT2D eigenvalue weighted by molar-refractivity contribution is 0.387. The quantitative estimate of drug-likeness (QED) is 0.864. The van der Waals surface area contributed by atoms with E-state index in [0.29, 0.717) is 5.69 Å². The molecule has 1 N–H and O–H groups in total. The summed E-state index contributed by atoms with van der Waals surface area (Å²) in [7, 11) is 0. The SMILES string of the molecule is N#CC1CCCCC1Nc1cccc(Cl)c1F. The Bertz CT molecular complexity index is 442. The number of anilines is 1. The first-order valence-corrected chi connectivity index (χ1v) is 6.20. The van der Waals surface area contributed by atoms with Crippen molar-refractivity contribution in [2.24, 2.45) is 5.92 Å². The molecule has 0 saturated heterocycles. The van der Waals surface area contributed by atoms with E-state index in [-0.39, 0.29) is 17.0 Å². The van der Waals surface area contributed by atoms with Crippen LogP contribution in [0.25, 0.3) is 0 Å². The lowest BCUT2D eigenvalue weighted by atomic mass is 9.85. The van der Waals surface area contributed by atoms with E-state index in [4.69, 9.17) is 16.9 Å². The zero-order chi connectivity index (χ0) is 12.3. The van der Waals surface area contributed by atoms with Crippen LogP contribution in [0.4, 0.5) is 10.1 Å². The summed E-state index contributed by atoms with van der Waals surface area (Å²) < 4.78 is 13.7. The van der Waals surface area contributed by atoms with E-state index < -0.39 is 5.82 Å². The van der Waals surface area contributed by atoms with Crippen molar-refractivity contribution in [3.05, 3.63) is 29.0 Å². The monoisotopic (exact) mass is 252 g/mol. The van der Waals surface area contributed by atoms with Crippen LogP contribution in [0.15, 0.2) is 18.2 Å². The van der Waals surface area contributed by atoms with Gasteiger partial charge in [-0.25, -0.2) is 4.39 Å². The van der Waals surface area contributed by atoms with Crippen LogP contribution in [0, 0.1) is 23.1 Å². The molecule has 1 saturated carbocycles. The molecule has 1 aliphatic rings. The summed E-state index contributed by atoms with van der Waals surface area (Å²) in [5.41, 5.74) is 0.393. The Morgan fingerprint density at radius 1 is 1.35 bits per heavy atom. The van der Waals surface area contributed by atoms with Crippen molar-refractivity contribution in [3.63, 3.8) is 0 Å². The maximum absolute atomic E-state index is 13.7. The molecule has 90 valence electrons. The van der Waals surface area contributed by atoms with Crippen molar-refractivity contribution in [1.29, 1.82) is 5.26 Å². The minimum Gasteiger partial charge on any atom is -0.379 e. The first kappa shape index (κ1) is 12.2. The largest absolute Gasteiger partial charge is 0.379 e. The van der Waals surface area contributed by atoms with Crippen molar-refractivity contribution in [3.8, 4) is 6.07 Å². The molecule has 17 heavy (non-hydrogen) atoms. The van der Waals surface area contributed by atoms with Crippen LogP contribution >= 0.6 is 11.6 Å². The summed E-state index contributed by atoms with van der Waals surface area (Å²) in [4.78, 5) is 0. The summed E-state index contributed by atoms with van der Waals surface area (Å²) in [6.45, 7) is 0. The van der Waals surface area contributed by atoms with E-state index >= 15 is 0 Å². The maximum atomic E-state index is 13.7. The average molecular weight is 253 g/mol. The van der Waals surface area contributed by atoms with Gasteiger partial charge >= 0.3 is 0 Å². The summed E-state index contributed by atoms with van der Waals surface area (Å²) in [5, 5.41) is 12.3. The molecular weight excluding hydrogens is 239 g/mol. The van der Waals surface area contributed by atoms with Gasteiger partial charge in [-0.3, -0.25) is 0 Å². The van der Waals surface area contributed by atoms with Gasteiger partial charge in [-0.05, 0) is 25.0 Å². The molecule has 2 atom stereocenters. The van der Waals surface area contributed by atoms with Gasteiger partial charge in [0.25, 0.3) is 0 Å². The molecular formula is C13H14ClFN2. The van der Waals surface area contributed by atoms with Gasteiger partial charge in [-0.1, -0.05) is 30.5 Å². The van der Waals surface area contributed by atoms with Crippen LogP contribution in [-0.2, 0) is 0 Å². The Morgan fingerprint density at radius 3 is 2.88 bits per heavy atom. The molecule has 1 aliphatic carbocycles. The van der Waals surface area contributed by atoms with Gasteiger partial charge in [-0.15, -0.1) is 0 Å². The van der Waals surface area contributed by atoms with Gasteiger partial charge < -0.3 is 5.32 Å². The molecule has 0 heterocycles. The van der Waals surface area contributed by atoms with E-state index in [0.717, 1.165) is 25.7 Å².